The van der Waals surface area contributed by atoms with E-state index in [9.17, 15) is 0 Å². The summed E-state index contributed by atoms with van der Waals surface area (Å²) in [5.41, 5.74) is 8.78. The van der Waals surface area contributed by atoms with Crippen LogP contribution in [0.5, 0.6) is 5.75 Å². The molecule has 7 heteroatoms. The minimum atomic E-state index is 0.198. The van der Waals surface area contributed by atoms with Crippen molar-refractivity contribution in [3.05, 3.63) is 60.4 Å². The summed E-state index contributed by atoms with van der Waals surface area (Å²) in [6.07, 6.45) is 0.778. The number of nitrogens with one attached hydrogen (secondary N) is 1. The molecule has 4 rings (SSSR count). The summed E-state index contributed by atoms with van der Waals surface area (Å²) in [4.78, 5) is 13.4. The number of nitrogens with zero attached hydrogens (tertiary/aromatic N) is 4. The molecule has 136 valence electrons. The highest BCUT2D eigenvalue weighted by molar-refractivity contribution is 5.78. The van der Waals surface area contributed by atoms with E-state index in [-0.39, 0.29) is 5.95 Å². The number of methoxy groups -OCH3 is 1. The molecule has 0 spiro atoms. The number of ether oxygens (including phenoxy) is 1. The van der Waals surface area contributed by atoms with Crippen molar-refractivity contribution in [3.8, 4) is 11.6 Å². The molecule has 0 atom stereocenters. The number of benzene rings is 2. The van der Waals surface area contributed by atoms with Gasteiger partial charge in [0.05, 0.1) is 18.1 Å². The topological polar surface area (TPSA) is 90.9 Å². The summed E-state index contributed by atoms with van der Waals surface area (Å²) in [5, 5.41) is 3.26. The number of para-hydroxylation sites is 2. The van der Waals surface area contributed by atoms with Crippen LogP contribution < -0.4 is 15.8 Å². The predicted molar refractivity (Wildman–Crippen MR) is 107 cm³/mol. The molecule has 0 saturated carbocycles. The molecule has 2 heterocycles. The van der Waals surface area contributed by atoms with Crippen LogP contribution in [0.2, 0.25) is 0 Å². The number of aryl methyl sites for hydroxylation is 1. The minimum absolute atomic E-state index is 0.198. The number of anilines is 3. The van der Waals surface area contributed by atoms with Gasteiger partial charge in [-0.2, -0.15) is 9.97 Å². The van der Waals surface area contributed by atoms with Gasteiger partial charge >= 0.3 is 0 Å². The molecule has 0 radical (unpaired) electrons. The first-order chi connectivity index (χ1) is 13.2. The highest BCUT2D eigenvalue weighted by atomic mass is 16.5. The van der Waals surface area contributed by atoms with E-state index >= 15 is 0 Å². The average Bonchev–Trinajstić information content (AvgIpc) is 3.07. The fourth-order valence-corrected chi connectivity index (χ4v) is 3.02. The molecule has 0 bridgehead atoms. The molecule has 2 aromatic heterocycles. The van der Waals surface area contributed by atoms with Gasteiger partial charge in [0, 0.05) is 18.2 Å². The van der Waals surface area contributed by atoms with Gasteiger partial charge in [-0.1, -0.05) is 19.1 Å². The third-order valence-electron chi connectivity index (χ3n) is 4.27. The zero-order chi connectivity index (χ0) is 18.8. The molecule has 0 aliphatic rings. The van der Waals surface area contributed by atoms with Crippen molar-refractivity contribution in [1.82, 2.24) is 19.5 Å². The third-order valence-corrected chi connectivity index (χ3v) is 4.27. The first-order valence-corrected chi connectivity index (χ1v) is 8.70. The van der Waals surface area contributed by atoms with Crippen LogP contribution in [-0.4, -0.2) is 26.6 Å². The first kappa shape index (κ1) is 16.8. The summed E-state index contributed by atoms with van der Waals surface area (Å²) < 4.78 is 7.21. The quantitative estimate of drug-likeness (QED) is 0.564. The molecule has 0 amide bonds. The molecule has 0 aliphatic heterocycles. The molecule has 0 fully saturated rings. The van der Waals surface area contributed by atoms with Crippen molar-refractivity contribution < 1.29 is 4.74 Å². The predicted octanol–water partition coefficient (Wildman–Crippen LogP) is 3.71. The fraction of sp³-hybridized carbons (Fsp3) is 0.150. The number of nitrogen functional groups attached to an aromatic ring is 1. The van der Waals surface area contributed by atoms with Crippen molar-refractivity contribution in [1.29, 1.82) is 0 Å². The van der Waals surface area contributed by atoms with Crippen LogP contribution in [0.1, 0.15) is 12.7 Å². The maximum Gasteiger partial charge on any atom is 0.223 e. The summed E-state index contributed by atoms with van der Waals surface area (Å²) in [6, 6.07) is 17.4. The molecule has 4 aromatic rings. The van der Waals surface area contributed by atoms with Gasteiger partial charge in [0.25, 0.3) is 0 Å². The van der Waals surface area contributed by atoms with E-state index in [1.807, 2.05) is 59.2 Å². The largest absolute Gasteiger partial charge is 0.497 e. The van der Waals surface area contributed by atoms with Crippen LogP contribution in [0, 0.1) is 0 Å². The SMILES string of the molecule is CCc1nc2ccccc2n1-c1cc(Nc2ccc(OC)cc2)nc(N)n1. The number of rotatable bonds is 5. The Morgan fingerprint density at radius 2 is 1.81 bits per heavy atom. The van der Waals surface area contributed by atoms with Crippen LogP contribution in [-0.2, 0) is 6.42 Å². The first-order valence-electron chi connectivity index (χ1n) is 8.70. The third kappa shape index (κ3) is 3.27. The smallest absolute Gasteiger partial charge is 0.223 e. The number of aromatic nitrogens is 4. The summed E-state index contributed by atoms with van der Waals surface area (Å²) in [5.74, 6) is 3.21. The van der Waals surface area contributed by atoms with Crippen LogP contribution >= 0.6 is 0 Å². The van der Waals surface area contributed by atoms with E-state index in [0.29, 0.717) is 11.6 Å². The van der Waals surface area contributed by atoms with Gasteiger partial charge in [-0.05, 0) is 36.4 Å². The van der Waals surface area contributed by atoms with E-state index in [4.69, 9.17) is 15.5 Å². The highest BCUT2D eigenvalue weighted by Gasteiger charge is 2.13. The van der Waals surface area contributed by atoms with Crippen LogP contribution in [0.3, 0.4) is 0 Å². The number of nitrogens with two attached hydrogens (primary N) is 1. The van der Waals surface area contributed by atoms with Crippen molar-refractivity contribution in [2.24, 2.45) is 0 Å². The molecule has 2 aromatic carbocycles. The standard InChI is InChI=1S/C20H20N6O/c1-3-18-23-15-6-4-5-7-16(15)26(18)19-12-17(24-20(21)25-19)22-13-8-10-14(27-2)11-9-13/h4-12H,3H2,1-2H3,(H3,21,22,24,25). The Hall–Kier alpha value is -3.61. The molecule has 0 aliphatic carbocycles. The van der Waals surface area contributed by atoms with E-state index in [1.165, 1.54) is 0 Å². The molecule has 0 unspecified atom stereocenters. The van der Waals surface area contributed by atoms with E-state index in [0.717, 1.165) is 34.7 Å². The Morgan fingerprint density at radius 3 is 2.56 bits per heavy atom. The van der Waals surface area contributed by atoms with Gasteiger partial charge < -0.3 is 15.8 Å². The number of imidazole rings is 1. The lowest BCUT2D eigenvalue weighted by Crippen LogP contribution is -2.07. The van der Waals surface area contributed by atoms with Crippen LogP contribution in [0.25, 0.3) is 16.9 Å². The van der Waals surface area contributed by atoms with Crippen molar-refractivity contribution in [2.75, 3.05) is 18.2 Å². The van der Waals surface area contributed by atoms with Gasteiger partial charge in [-0.3, -0.25) is 4.57 Å². The zero-order valence-corrected chi connectivity index (χ0v) is 15.2. The molecular formula is C20H20N6O. The van der Waals surface area contributed by atoms with Crippen molar-refractivity contribution in [2.45, 2.75) is 13.3 Å². The van der Waals surface area contributed by atoms with Gasteiger partial charge in [-0.25, -0.2) is 4.98 Å². The van der Waals surface area contributed by atoms with Gasteiger partial charge in [0.2, 0.25) is 5.95 Å². The number of hydrogen-bond donors (Lipinski definition) is 2. The molecular weight excluding hydrogens is 340 g/mol. The second-order valence-electron chi connectivity index (χ2n) is 6.03. The van der Waals surface area contributed by atoms with Gasteiger partial charge in [0.1, 0.15) is 23.2 Å². The van der Waals surface area contributed by atoms with Crippen LogP contribution in [0.15, 0.2) is 54.6 Å². The normalized spacial score (nSPS) is 10.9. The Labute approximate surface area is 156 Å². The summed E-state index contributed by atoms with van der Waals surface area (Å²) >= 11 is 0. The van der Waals surface area contributed by atoms with E-state index in [1.54, 1.807) is 7.11 Å². The maximum atomic E-state index is 5.98. The Bertz CT molecular complexity index is 1090. The Morgan fingerprint density at radius 1 is 1.04 bits per heavy atom. The zero-order valence-electron chi connectivity index (χ0n) is 15.2. The van der Waals surface area contributed by atoms with E-state index < -0.39 is 0 Å². The van der Waals surface area contributed by atoms with Gasteiger partial charge in [0.15, 0.2) is 0 Å². The molecule has 7 nitrogen and oxygen atoms in total. The molecule has 3 N–H and O–H groups in total. The minimum Gasteiger partial charge on any atom is -0.497 e. The lowest BCUT2D eigenvalue weighted by Gasteiger charge is -2.11. The fourth-order valence-electron chi connectivity index (χ4n) is 3.02. The number of fused-ring (bicyclic) bond motifs is 1. The second-order valence-corrected chi connectivity index (χ2v) is 6.03. The maximum absolute atomic E-state index is 5.98. The van der Waals surface area contributed by atoms with Crippen LogP contribution in [0.4, 0.5) is 17.5 Å². The average molecular weight is 360 g/mol. The number of hydrogen-bond acceptors (Lipinski definition) is 6. The van der Waals surface area contributed by atoms with Crippen molar-refractivity contribution in [3.63, 3.8) is 0 Å². The van der Waals surface area contributed by atoms with Gasteiger partial charge in [-0.15, -0.1) is 0 Å². The van der Waals surface area contributed by atoms with E-state index in [2.05, 4.69) is 22.2 Å². The second kappa shape index (κ2) is 6.95. The monoisotopic (exact) mass is 360 g/mol. The lowest BCUT2D eigenvalue weighted by molar-refractivity contribution is 0.415. The Kier molecular flexibility index (Phi) is 4.33. The van der Waals surface area contributed by atoms with Crippen molar-refractivity contribution >= 4 is 28.5 Å². The molecule has 27 heavy (non-hydrogen) atoms. The molecule has 0 saturated heterocycles. The summed E-state index contributed by atoms with van der Waals surface area (Å²) in [7, 11) is 1.64. The lowest BCUT2D eigenvalue weighted by atomic mass is 10.3. The summed E-state index contributed by atoms with van der Waals surface area (Å²) in [6.45, 7) is 2.07. The highest BCUT2D eigenvalue weighted by Crippen LogP contribution is 2.24. The Balaban J connectivity index is 1.76.